The first kappa shape index (κ1) is 13.7. The molecule has 0 spiro atoms. The van der Waals surface area contributed by atoms with Crippen LogP contribution in [0.3, 0.4) is 0 Å². The standard InChI is InChI=1S/C16H20N4O/c1-18-16(21)11-4-3-9-20(10-11)14-7-6-13-12(15(14)17)5-2-8-19-13/h2,5-8,11H,3-4,9-10,17H2,1H3,(H,18,21). The summed E-state index contributed by atoms with van der Waals surface area (Å²) in [5.74, 6) is 0.147. The fourth-order valence-corrected chi connectivity index (χ4v) is 3.05. The Morgan fingerprint density at radius 2 is 2.29 bits per heavy atom. The number of rotatable bonds is 2. The molecule has 1 atom stereocenters. The number of hydrogen-bond acceptors (Lipinski definition) is 4. The Bertz CT molecular complexity index is 670. The Kier molecular flexibility index (Phi) is 3.64. The maximum absolute atomic E-state index is 11.9. The van der Waals surface area contributed by atoms with Crippen LogP contribution in [0.2, 0.25) is 0 Å². The fourth-order valence-electron chi connectivity index (χ4n) is 3.05. The Labute approximate surface area is 124 Å². The molecule has 1 aromatic carbocycles. The third kappa shape index (κ3) is 2.51. The molecule has 0 radical (unpaired) electrons. The molecule has 1 saturated heterocycles. The van der Waals surface area contributed by atoms with E-state index in [-0.39, 0.29) is 11.8 Å². The van der Waals surface area contributed by atoms with E-state index in [2.05, 4.69) is 15.2 Å². The number of aromatic nitrogens is 1. The van der Waals surface area contributed by atoms with E-state index >= 15 is 0 Å². The van der Waals surface area contributed by atoms with Gasteiger partial charge in [0.2, 0.25) is 5.91 Å². The largest absolute Gasteiger partial charge is 0.396 e. The van der Waals surface area contributed by atoms with Crippen LogP contribution in [0.5, 0.6) is 0 Å². The van der Waals surface area contributed by atoms with E-state index in [9.17, 15) is 4.79 Å². The number of benzene rings is 1. The number of nitrogens with zero attached hydrogens (tertiary/aromatic N) is 2. The highest BCUT2D eigenvalue weighted by Gasteiger charge is 2.26. The molecule has 3 N–H and O–H groups in total. The van der Waals surface area contributed by atoms with Crippen LogP contribution in [-0.2, 0) is 4.79 Å². The summed E-state index contributed by atoms with van der Waals surface area (Å²) in [7, 11) is 1.69. The number of nitrogens with two attached hydrogens (primary N) is 1. The summed E-state index contributed by atoms with van der Waals surface area (Å²) in [4.78, 5) is 18.4. The predicted molar refractivity (Wildman–Crippen MR) is 85.2 cm³/mol. The van der Waals surface area contributed by atoms with Gasteiger partial charge in [0.1, 0.15) is 0 Å². The summed E-state index contributed by atoms with van der Waals surface area (Å²) in [6.07, 6.45) is 3.71. The number of nitrogens with one attached hydrogen (secondary N) is 1. The summed E-state index contributed by atoms with van der Waals surface area (Å²) < 4.78 is 0. The number of hydrogen-bond donors (Lipinski definition) is 2. The minimum absolute atomic E-state index is 0.0349. The van der Waals surface area contributed by atoms with Gasteiger partial charge in [-0.25, -0.2) is 0 Å². The van der Waals surface area contributed by atoms with Gasteiger partial charge in [0.25, 0.3) is 0 Å². The molecule has 5 nitrogen and oxygen atoms in total. The van der Waals surface area contributed by atoms with Gasteiger partial charge in [0.15, 0.2) is 0 Å². The van der Waals surface area contributed by atoms with Crippen LogP contribution in [0.25, 0.3) is 10.9 Å². The lowest BCUT2D eigenvalue weighted by Crippen LogP contribution is -2.42. The lowest BCUT2D eigenvalue weighted by Gasteiger charge is -2.34. The van der Waals surface area contributed by atoms with E-state index in [1.165, 1.54) is 0 Å². The van der Waals surface area contributed by atoms with Crippen LogP contribution < -0.4 is 16.0 Å². The van der Waals surface area contributed by atoms with Gasteiger partial charge in [-0.1, -0.05) is 0 Å². The molecule has 21 heavy (non-hydrogen) atoms. The number of piperidine rings is 1. The van der Waals surface area contributed by atoms with Crippen molar-refractivity contribution in [3.8, 4) is 0 Å². The molecule has 0 aliphatic carbocycles. The predicted octanol–water partition coefficient (Wildman–Crippen LogP) is 1.78. The number of fused-ring (bicyclic) bond motifs is 1. The summed E-state index contributed by atoms with van der Waals surface area (Å²) in [6.45, 7) is 1.65. The van der Waals surface area contributed by atoms with Crippen LogP contribution in [-0.4, -0.2) is 31.0 Å². The molecule has 110 valence electrons. The topological polar surface area (TPSA) is 71.2 Å². The van der Waals surface area contributed by atoms with Crippen molar-refractivity contribution in [2.45, 2.75) is 12.8 Å². The normalized spacial score (nSPS) is 18.7. The number of carbonyl (C=O) groups excluding carboxylic acids is 1. The fraction of sp³-hybridized carbons (Fsp3) is 0.375. The maximum atomic E-state index is 11.9. The van der Waals surface area contributed by atoms with Gasteiger partial charge >= 0.3 is 0 Å². The molecule has 2 heterocycles. The van der Waals surface area contributed by atoms with E-state index in [0.29, 0.717) is 0 Å². The second-order valence-electron chi connectivity index (χ2n) is 5.47. The molecule has 5 heteroatoms. The first-order chi connectivity index (χ1) is 10.2. The molecule has 1 aliphatic heterocycles. The Morgan fingerprint density at radius 3 is 3.10 bits per heavy atom. The number of carbonyl (C=O) groups is 1. The third-order valence-electron chi connectivity index (χ3n) is 4.18. The van der Waals surface area contributed by atoms with Crippen molar-refractivity contribution < 1.29 is 4.79 Å². The first-order valence-electron chi connectivity index (χ1n) is 7.30. The molecular weight excluding hydrogens is 264 g/mol. The second-order valence-corrected chi connectivity index (χ2v) is 5.47. The molecular formula is C16H20N4O. The van der Waals surface area contributed by atoms with Crippen LogP contribution in [0.1, 0.15) is 12.8 Å². The van der Waals surface area contributed by atoms with Crippen molar-refractivity contribution in [3.05, 3.63) is 30.5 Å². The molecule has 1 fully saturated rings. The minimum atomic E-state index is 0.0349. The lowest BCUT2D eigenvalue weighted by molar-refractivity contribution is -0.124. The number of amides is 1. The summed E-state index contributed by atoms with van der Waals surface area (Å²) in [5.41, 5.74) is 8.98. The molecule has 1 aromatic heterocycles. The number of nitrogen functional groups attached to an aromatic ring is 1. The van der Waals surface area contributed by atoms with E-state index in [1.54, 1.807) is 13.2 Å². The van der Waals surface area contributed by atoms with E-state index in [1.807, 2.05) is 24.3 Å². The molecule has 0 saturated carbocycles. The summed E-state index contributed by atoms with van der Waals surface area (Å²) in [5, 5.41) is 3.71. The molecule has 1 unspecified atom stereocenters. The highest BCUT2D eigenvalue weighted by atomic mass is 16.1. The zero-order valence-electron chi connectivity index (χ0n) is 12.2. The van der Waals surface area contributed by atoms with Gasteiger partial charge in [0.05, 0.1) is 22.8 Å². The second kappa shape index (κ2) is 5.60. The molecule has 1 amide bonds. The van der Waals surface area contributed by atoms with Gasteiger partial charge in [-0.05, 0) is 37.1 Å². The van der Waals surface area contributed by atoms with Gasteiger partial charge in [-0.15, -0.1) is 0 Å². The summed E-state index contributed by atoms with van der Waals surface area (Å²) in [6, 6.07) is 7.88. The van der Waals surface area contributed by atoms with Gasteiger partial charge in [-0.2, -0.15) is 0 Å². The van der Waals surface area contributed by atoms with Crippen LogP contribution in [0, 0.1) is 5.92 Å². The van der Waals surface area contributed by atoms with Crippen LogP contribution in [0.15, 0.2) is 30.5 Å². The van der Waals surface area contributed by atoms with Gasteiger partial charge in [0, 0.05) is 31.7 Å². The van der Waals surface area contributed by atoms with Crippen LogP contribution in [0.4, 0.5) is 11.4 Å². The zero-order chi connectivity index (χ0) is 14.8. The maximum Gasteiger partial charge on any atom is 0.224 e. The number of anilines is 2. The minimum Gasteiger partial charge on any atom is -0.396 e. The highest BCUT2D eigenvalue weighted by Crippen LogP contribution is 2.33. The average Bonchev–Trinajstić information content (AvgIpc) is 2.55. The SMILES string of the molecule is CNC(=O)C1CCCN(c2ccc3ncccc3c2N)C1. The van der Waals surface area contributed by atoms with Crippen molar-refractivity contribution in [3.63, 3.8) is 0 Å². The Balaban J connectivity index is 1.93. The van der Waals surface area contributed by atoms with Crippen molar-refractivity contribution in [2.24, 2.45) is 5.92 Å². The summed E-state index contributed by atoms with van der Waals surface area (Å²) >= 11 is 0. The van der Waals surface area contributed by atoms with Crippen molar-refractivity contribution in [1.29, 1.82) is 0 Å². The van der Waals surface area contributed by atoms with Crippen molar-refractivity contribution in [1.82, 2.24) is 10.3 Å². The van der Waals surface area contributed by atoms with Gasteiger partial charge < -0.3 is 16.0 Å². The Morgan fingerprint density at radius 1 is 1.43 bits per heavy atom. The average molecular weight is 284 g/mol. The quantitative estimate of drug-likeness (QED) is 0.825. The lowest BCUT2D eigenvalue weighted by atomic mass is 9.96. The van der Waals surface area contributed by atoms with E-state index in [4.69, 9.17) is 5.73 Å². The first-order valence-corrected chi connectivity index (χ1v) is 7.30. The van der Waals surface area contributed by atoms with E-state index in [0.717, 1.165) is 48.2 Å². The van der Waals surface area contributed by atoms with Crippen LogP contribution >= 0.6 is 0 Å². The van der Waals surface area contributed by atoms with Crippen molar-refractivity contribution >= 4 is 28.2 Å². The van der Waals surface area contributed by atoms with Gasteiger partial charge in [-0.3, -0.25) is 9.78 Å². The monoisotopic (exact) mass is 284 g/mol. The molecule has 3 rings (SSSR count). The molecule has 2 aromatic rings. The highest BCUT2D eigenvalue weighted by molar-refractivity contribution is 5.97. The number of pyridine rings is 1. The zero-order valence-corrected chi connectivity index (χ0v) is 12.2. The molecule has 0 bridgehead atoms. The third-order valence-corrected chi connectivity index (χ3v) is 4.18. The van der Waals surface area contributed by atoms with E-state index < -0.39 is 0 Å². The molecule has 1 aliphatic rings. The Hall–Kier alpha value is -2.30. The smallest absolute Gasteiger partial charge is 0.224 e. The van der Waals surface area contributed by atoms with Crippen molar-refractivity contribution in [2.75, 3.05) is 30.8 Å².